The van der Waals surface area contributed by atoms with E-state index in [0.29, 0.717) is 25.1 Å². The number of anilines is 1. The van der Waals surface area contributed by atoms with Gasteiger partial charge in [0.05, 0.1) is 18.2 Å². The third kappa shape index (κ3) is 5.11. The van der Waals surface area contributed by atoms with E-state index >= 15 is 0 Å². The molecule has 0 saturated heterocycles. The van der Waals surface area contributed by atoms with Crippen molar-refractivity contribution in [3.63, 3.8) is 0 Å². The first-order valence-electron chi connectivity index (χ1n) is 9.03. The number of rotatable bonds is 8. The van der Waals surface area contributed by atoms with Gasteiger partial charge in [-0.25, -0.2) is 0 Å². The minimum absolute atomic E-state index is 0.0154. The van der Waals surface area contributed by atoms with E-state index in [2.05, 4.69) is 5.32 Å². The molecule has 1 atom stereocenters. The summed E-state index contributed by atoms with van der Waals surface area (Å²) >= 11 is 0. The number of carbonyl (C=O) groups excluding carboxylic acids is 2. The third-order valence-electron chi connectivity index (χ3n) is 4.55. The number of nitrogens with zero attached hydrogens (tertiary/aromatic N) is 2. The van der Waals surface area contributed by atoms with Crippen LogP contribution in [-0.4, -0.2) is 68.8 Å². The van der Waals surface area contributed by atoms with Crippen molar-refractivity contribution >= 4 is 17.5 Å². The third-order valence-corrected chi connectivity index (χ3v) is 4.55. The summed E-state index contributed by atoms with van der Waals surface area (Å²) in [7, 11) is 5.36. The summed E-state index contributed by atoms with van der Waals surface area (Å²) in [6, 6.07) is 5.30. The van der Waals surface area contributed by atoms with E-state index in [1.807, 2.05) is 18.0 Å². The molecule has 26 heavy (non-hydrogen) atoms. The average Bonchev–Trinajstić information content (AvgIpc) is 2.63. The fourth-order valence-electron chi connectivity index (χ4n) is 2.92. The van der Waals surface area contributed by atoms with Crippen LogP contribution in [0.25, 0.3) is 0 Å². The van der Waals surface area contributed by atoms with Crippen LogP contribution >= 0.6 is 0 Å². The van der Waals surface area contributed by atoms with Gasteiger partial charge in [0.2, 0.25) is 5.91 Å². The van der Waals surface area contributed by atoms with Crippen molar-refractivity contribution in [1.82, 2.24) is 10.2 Å². The van der Waals surface area contributed by atoms with Crippen LogP contribution in [0.1, 0.15) is 36.0 Å². The number of amides is 2. The molecule has 0 unspecified atom stereocenters. The Morgan fingerprint density at radius 1 is 1.31 bits per heavy atom. The van der Waals surface area contributed by atoms with Crippen LogP contribution in [0.15, 0.2) is 18.2 Å². The number of aliphatic hydroxyl groups excluding tert-OH is 1. The number of aliphatic hydroxyl groups is 1. The molecule has 7 nitrogen and oxygen atoms in total. The normalized spacial score (nSPS) is 15.8. The van der Waals surface area contributed by atoms with E-state index in [1.165, 1.54) is 4.90 Å². The second kappa shape index (κ2) is 9.43. The first kappa shape index (κ1) is 20.0. The van der Waals surface area contributed by atoms with Gasteiger partial charge < -0.3 is 25.0 Å². The molecule has 0 spiro atoms. The summed E-state index contributed by atoms with van der Waals surface area (Å²) in [4.78, 5) is 27.9. The molecule has 2 N–H and O–H groups in total. The minimum atomic E-state index is -0.0790. The van der Waals surface area contributed by atoms with Gasteiger partial charge in [-0.15, -0.1) is 0 Å². The Hall–Kier alpha value is -2.28. The van der Waals surface area contributed by atoms with E-state index in [0.717, 1.165) is 30.7 Å². The predicted octanol–water partition coefficient (Wildman–Crippen LogP) is 1.25. The molecule has 1 heterocycles. The van der Waals surface area contributed by atoms with Gasteiger partial charge in [0.25, 0.3) is 5.91 Å². The average molecular weight is 363 g/mol. The molecule has 1 aliphatic heterocycles. The topological polar surface area (TPSA) is 82.1 Å². The number of fused-ring (bicyclic) bond motifs is 1. The van der Waals surface area contributed by atoms with E-state index in [4.69, 9.17) is 9.84 Å². The molecule has 2 rings (SSSR count). The summed E-state index contributed by atoms with van der Waals surface area (Å²) in [6.07, 6.45) is 2.86. The molecular formula is C19H29N3O4. The van der Waals surface area contributed by atoms with Crippen molar-refractivity contribution in [1.29, 1.82) is 0 Å². The molecule has 0 fully saturated rings. The van der Waals surface area contributed by atoms with E-state index in [9.17, 15) is 9.59 Å². The van der Waals surface area contributed by atoms with Crippen molar-refractivity contribution in [2.45, 2.75) is 31.7 Å². The van der Waals surface area contributed by atoms with Gasteiger partial charge >= 0.3 is 0 Å². The summed E-state index contributed by atoms with van der Waals surface area (Å²) in [6.45, 7) is 1.24. The number of carbonyl (C=O) groups is 2. The zero-order valence-corrected chi connectivity index (χ0v) is 15.8. The Morgan fingerprint density at radius 3 is 2.77 bits per heavy atom. The van der Waals surface area contributed by atoms with Crippen LogP contribution in [-0.2, 0) is 4.79 Å². The SMILES string of the molecule is CN(C)C(=O)c1ccc2c(c1)N(C)[C@H](CC(=O)NCCCCCO)CO2. The molecular weight excluding hydrogens is 334 g/mol. The van der Waals surface area contributed by atoms with Gasteiger partial charge in [-0.2, -0.15) is 0 Å². The van der Waals surface area contributed by atoms with Crippen LogP contribution in [0.4, 0.5) is 5.69 Å². The molecule has 0 radical (unpaired) electrons. The lowest BCUT2D eigenvalue weighted by atomic mass is 10.1. The van der Waals surface area contributed by atoms with Gasteiger partial charge in [-0.05, 0) is 37.5 Å². The summed E-state index contributed by atoms with van der Waals surface area (Å²) < 4.78 is 5.79. The monoisotopic (exact) mass is 363 g/mol. The molecule has 1 aromatic carbocycles. The van der Waals surface area contributed by atoms with Crippen molar-refractivity contribution in [2.75, 3.05) is 45.8 Å². The molecule has 0 saturated carbocycles. The number of unbranched alkanes of at least 4 members (excludes halogenated alkanes) is 2. The Bertz CT molecular complexity index is 633. The number of ether oxygens (including phenoxy) is 1. The summed E-state index contributed by atoms with van der Waals surface area (Å²) in [5.74, 6) is 0.644. The van der Waals surface area contributed by atoms with Crippen LogP contribution in [0, 0.1) is 0 Å². The Morgan fingerprint density at radius 2 is 2.08 bits per heavy atom. The smallest absolute Gasteiger partial charge is 0.253 e. The maximum Gasteiger partial charge on any atom is 0.253 e. The second-order valence-corrected chi connectivity index (χ2v) is 6.80. The van der Waals surface area contributed by atoms with Crippen LogP contribution in [0.3, 0.4) is 0 Å². The minimum Gasteiger partial charge on any atom is -0.489 e. The largest absolute Gasteiger partial charge is 0.489 e. The lowest BCUT2D eigenvalue weighted by Gasteiger charge is -2.35. The molecule has 1 aromatic rings. The van der Waals surface area contributed by atoms with E-state index in [1.54, 1.807) is 26.2 Å². The maximum atomic E-state index is 12.2. The van der Waals surface area contributed by atoms with E-state index < -0.39 is 0 Å². The Labute approximate surface area is 154 Å². The highest BCUT2D eigenvalue weighted by atomic mass is 16.5. The maximum absolute atomic E-state index is 12.2. The van der Waals surface area contributed by atoms with Crippen molar-refractivity contribution in [3.8, 4) is 5.75 Å². The Kier molecular flexibility index (Phi) is 7.26. The quantitative estimate of drug-likeness (QED) is 0.680. The highest BCUT2D eigenvalue weighted by molar-refractivity contribution is 5.95. The predicted molar refractivity (Wildman–Crippen MR) is 101 cm³/mol. The molecule has 1 aliphatic rings. The van der Waals surface area contributed by atoms with Gasteiger partial charge in [0.1, 0.15) is 12.4 Å². The highest BCUT2D eigenvalue weighted by Gasteiger charge is 2.27. The molecule has 144 valence electrons. The van der Waals surface area contributed by atoms with Crippen LogP contribution in [0.5, 0.6) is 5.75 Å². The Balaban J connectivity index is 1.95. The molecule has 0 aromatic heterocycles. The molecule has 0 aliphatic carbocycles. The van der Waals surface area contributed by atoms with Gasteiger partial charge in [-0.1, -0.05) is 0 Å². The summed E-state index contributed by atoms with van der Waals surface area (Å²) in [5.41, 5.74) is 1.42. The van der Waals surface area contributed by atoms with Crippen molar-refractivity contribution in [3.05, 3.63) is 23.8 Å². The van der Waals surface area contributed by atoms with Crippen LogP contribution < -0.4 is 15.0 Å². The van der Waals surface area contributed by atoms with Gasteiger partial charge in [0, 0.05) is 39.9 Å². The molecule has 0 bridgehead atoms. The van der Waals surface area contributed by atoms with Gasteiger partial charge in [0.15, 0.2) is 0 Å². The number of benzene rings is 1. The zero-order chi connectivity index (χ0) is 19.1. The number of hydrogen-bond acceptors (Lipinski definition) is 5. The highest BCUT2D eigenvalue weighted by Crippen LogP contribution is 2.34. The zero-order valence-electron chi connectivity index (χ0n) is 15.8. The number of likely N-dealkylation sites (N-methyl/N-ethyl adjacent to an activating group) is 1. The van der Waals surface area contributed by atoms with Crippen molar-refractivity contribution < 1.29 is 19.4 Å². The molecule has 2 amide bonds. The fraction of sp³-hybridized carbons (Fsp3) is 0.579. The molecule has 7 heteroatoms. The summed E-state index contributed by atoms with van der Waals surface area (Å²) in [5, 5.41) is 11.7. The first-order valence-corrected chi connectivity index (χ1v) is 9.03. The fourth-order valence-corrected chi connectivity index (χ4v) is 2.92. The standard InChI is InChI=1S/C19H29N3O4/c1-21(2)19(25)14-7-8-17-16(11-14)22(3)15(13-26-17)12-18(24)20-9-5-4-6-10-23/h7-8,11,15,23H,4-6,9-10,12-13H2,1-3H3,(H,20,24)/t15-/m1/s1. The number of nitrogens with one attached hydrogen (secondary N) is 1. The van der Waals surface area contributed by atoms with E-state index in [-0.39, 0.29) is 24.5 Å². The number of hydrogen-bond donors (Lipinski definition) is 2. The second-order valence-electron chi connectivity index (χ2n) is 6.80. The lowest BCUT2D eigenvalue weighted by molar-refractivity contribution is -0.121. The van der Waals surface area contributed by atoms with Gasteiger partial charge in [-0.3, -0.25) is 9.59 Å². The van der Waals surface area contributed by atoms with Crippen LogP contribution in [0.2, 0.25) is 0 Å². The first-order chi connectivity index (χ1) is 12.4. The van der Waals surface area contributed by atoms with Crippen molar-refractivity contribution in [2.24, 2.45) is 0 Å². The lowest BCUT2D eigenvalue weighted by Crippen LogP contribution is -2.44.